The topological polar surface area (TPSA) is 72.2 Å². The molecule has 4 nitrogen and oxygen atoms in total. The Morgan fingerprint density at radius 3 is 2.29 bits per heavy atom. The lowest BCUT2D eigenvalue weighted by molar-refractivity contribution is 0.224. The summed E-state index contributed by atoms with van der Waals surface area (Å²) in [6, 6.07) is 0. The Morgan fingerprint density at radius 1 is 1.47 bits per heavy atom. The van der Waals surface area contributed by atoms with Crippen molar-refractivity contribution in [2.45, 2.75) is 43.9 Å². The Kier molecular flexibility index (Phi) is 4.43. The van der Waals surface area contributed by atoms with E-state index in [1.807, 2.05) is 11.6 Å². The first-order chi connectivity index (χ1) is 7.69. The van der Waals surface area contributed by atoms with Gasteiger partial charge in [-0.1, -0.05) is 19.1 Å². The van der Waals surface area contributed by atoms with Crippen molar-refractivity contribution in [3.8, 4) is 0 Å². The summed E-state index contributed by atoms with van der Waals surface area (Å²) in [4.78, 5) is -0.0615. The number of alkyl halides is 2. The summed E-state index contributed by atoms with van der Waals surface area (Å²) in [5, 5.41) is 0. The van der Waals surface area contributed by atoms with E-state index >= 15 is 0 Å². The second-order valence-electron chi connectivity index (χ2n) is 4.54. The Labute approximate surface area is 105 Å². The SMILES string of the molecule is CC1CCC(NS(=O)(=O)C(F)F)(C(N)=S)CC1. The van der Waals surface area contributed by atoms with Crippen LogP contribution in [0.3, 0.4) is 0 Å². The summed E-state index contributed by atoms with van der Waals surface area (Å²) in [6.45, 7) is 2.02. The van der Waals surface area contributed by atoms with Crippen LogP contribution in [-0.4, -0.2) is 24.7 Å². The molecule has 0 aromatic carbocycles. The molecule has 0 aromatic rings. The van der Waals surface area contributed by atoms with Crippen molar-refractivity contribution in [3.63, 3.8) is 0 Å². The number of sulfonamides is 1. The average Bonchev–Trinajstić information content (AvgIpc) is 2.21. The van der Waals surface area contributed by atoms with Gasteiger partial charge in [0.1, 0.15) is 0 Å². The van der Waals surface area contributed by atoms with E-state index in [2.05, 4.69) is 0 Å². The second-order valence-corrected chi connectivity index (χ2v) is 6.63. The predicted molar refractivity (Wildman–Crippen MR) is 65.2 cm³/mol. The molecule has 100 valence electrons. The van der Waals surface area contributed by atoms with Crippen LogP contribution in [0, 0.1) is 5.92 Å². The molecule has 0 atom stereocenters. The molecular weight excluding hydrogens is 270 g/mol. The third-order valence-corrected chi connectivity index (χ3v) is 4.71. The Morgan fingerprint density at radius 2 is 1.94 bits per heavy atom. The van der Waals surface area contributed by atoms with Crippen LogP contribution in [0.25, 0.3) is 0 Å². The van der Waals surface area contributed by atoms with Gasteiger partial charge in [-0.2, -0.15) is 13.5 Å². The van der Waals surface area contributed by atoms with Gasteiger partial charge in [0.05, 0.1) is 10.5 Å². The average molecular weight is 286 g/mol. The quantitative estimate of drug-likeness (QED) is 0.766. The molecule has 1 rings (SSSR count). The molecule has 0 aromatic heterocycles. The fourth-order valence-electron chi connectivity index (χ4n) is 1.97. The standard InChI is InChI=1S/C9H16F2N2O2S2/c1-6-2-4-9(5-3-6,7(12)16)13-17(14,15)8(10)11/h6,8,13H,2-5H2,1H3,(H2,12,16). The van der Waals surface area contributed by atoms with Crippen LogP contribution in [0.2, 0.25) is 0 Å². The molecule has 1 saturated carbocycles. The van der Waals surface area contributed by atoms with Crippen LogP contribution in [-0.2, 0) is 10.0 Å². The first kappa shape index (κ1) is 14.7. The van der Waals surface area contributed by atoms with Crippen LogP contribution >= 0.6 is 12.2 Å². The molecule has 0 radical (unpaired) electrons. The van der Waals surface area contributed by atoms with Gasteiger partial charge in [-0.25, -0.2) is 8.42 Å². The maximum absolute atomic E-state index is 12.3. The van der Waals surface area contributed by atoms with Crippen LogP contribution < -0.4 is 10.5 Å². The lowest BCUT2D eigenvalue weighted by atomic mass is 9.78. The second kappa shape index (κ2) is 5.11. The first-order valence-electron chi connectivity index (χ1n) is 5.30. The van der Waals surface area contributed by atoms with E-state index in [-0.39, 0.29) is 4.99 Å². The molecule has 0 spiro atoms. The van der Waals surface area contributed by atoms with Crippen LogP contribution in [0.4, 0.5) is 8.78 Å². The van der Waals surface area contributed by atoms with Gasteiger partial charge in [0.2, 0.25) is 0 Å². The molecule has 0 saturated heterocycles. The number of hydrogen-bond donors (Lipinski definition) is 2. The lowest BCUT2D eigenvalue weighted by Gasteiger charge is -2.38. The van der Waals surface area contributed by atoms with E-state index < -0.39 is 21.3 Å². The third kappa shape index (κ3) is 3.32. The molecule has 1 aliphatic carbocycles. The monoisotopic (exact) mass is 286 g/mol. The minimum atomic E-state index is -4.67. The zero-order valence-corrected chi connectivity index (χ0v) is 11.1. The molecular formula is C9H16F2N2O2S2. The highest BCUT2D eigenvalue weighted by atomic mass is 32.2. The minimum absolute atomic E-state index is 0.0615. The van der Waals surface area contributed by atoms with E-state index in [0.29, 0.717) is 31.6 Å². The fourth-order valence-corrected chi connectivity index (χ4v) is 3.24. The summed E-state index contributed by atoms with van der Waals surface area (Å²) >= 11 is 4.83. The van der Waals surface area contributed by atoms with Crippen molar-refractivity contribution in [3.05, 3.63) is 0 Å². The Balaban J connectivity index is 2.92. The molecule has 3 N–H and O–H groups in total. The van der Waals surface area contributed by atoms with Crippen molar-refractivity contribution in [2.24, 2.45) is 11.7 Å². The van der Waals surface area contributed by atoms with Gasteiger partial charge in [0.15, 0.2) is 0 Å². The van der Waals surface area contributed by atoms with E-state index in [1.165, 1.54) is 0 Å². The highest BCUT2D eigenvalue weighted by molar-refractivity contribution is 7.90. The first-order valence-corrected chi connectivity index (χ1v) is 7.26. The highest BCUT2D eigenvalue weighted by Crippen LogP contribution is 2.33. The lowest BCUT2D eigenvalue weighted by Crippen LogP contribution is -2.59. The summed E-state index contributed by atoms with van der Waals surface area (Å²) in [5.74, 6) is -3.04. The van der Waals surface area contributed by atoms with Crippen LogP contribution in [0.15, 0.2) is 0 Å². The largest absolute Gasteiger partial charge is 0.392 e. The maximum Gasteiger partial charge on any atom is 0.350 e. The molecule has 0 unspecified atom stereocenters. The summed E-state index contributed by atoms with van der Waals surface area (Å²) < 4.78 is 49.1. The number of rotatable bonds is 4. The van der Waals surface area contributed by atoms with Gasteiger partial charge in [-0.05, 0) is 31.6 Å². The van der Waals surface area contributed by atoms with Crippen LogP contribution in [0.1, 0.15) is 32.6 Å². The minimum Gasteiger partial charge on any atom is -0.392 e. The number of nitrogens with one attached hydrogen (secondary N) is 1. The number of hydrogen-bond acceptors (Lipinski definition) is 3. The molecule has 8 heteroatoms. The fraction of sp³-hybridized carbons (Fsp3) is 0.889. The molecule has 17 heavy (non-hydrogen) atoms. The number of thiocarbonyl (C=S) groups is 1. The zero-order valence-electron chi connectivity index (χ0n) is 9.45. The van der Waals surface area contributed by atoms with Crippen LogP contribution in [0.5, 0.6) is 0 Å². The summed E-state index contributed by atoms with van der Waals surface area (Å²) in [7, 11) is -4.67. The maximum atomic E-state index is 12.3. The molecule has 1 aliphatic rings. The third-order valence-electron chi connectivity index (χ3n) is 3.17. The van der Waals surface area contributed by atoms with E-state index in [0.717, 1.165) is 0 Å². The van der Waals surface area contributed by atoms with Gasteiger partial charge in [-0.15, -0.1) is 0 Å². The Bertz CT molecular complexity index is 390. The zero-order chi connectivity index (χ0) is 13.3. The molecule has 0 bridgehead atoms. The van der Waals surface area contributed by atoms with Gasteiger partial charge in [0.25, 0.3) is 10.0 Å². The van der Waals surface area contributed by atoms with E-state index in [4.69, 9.17) is 18.0 Å². The van der Waals surface area contributed by atoms with Gasteiger partial charge in [-0.3, -0.25) is 0 Å². The van der Waals surface area contributed by atoms with Crippen molar-refractivity contribution >= 4 is 27.2 Å². The molecule has 1 fully saturated rings. The number of halogens is 2. The molecule has 0 amide bonds. The van der Waals surface area contributed by atoms with E-state index in [9.17, 15) is 17.2 Å². The summed E-state index contributed by atoms with van der Waals surface area (Å²) in [5.41, 5.74) is 4.33. The number of nitrogens with two attached hydrogens (primary N) is 1. The van der Waals surface area contributed by atoms with Crippen molar-refractivity contribution in [1.29, 1.82) is 0 Å². The normalized spacial score (nSPS) is 30.5. The summed E-state index contributed by atoms with van der Waals surface area (Å²) in [6.07, 6.45) is 2.16. The highest BCUT2D eigenvalue weighted by Gasteiger charge is 2.42. The van der Waals surface area contributed by atoms with Gasteiger partial charge in [0, 0.05) is 0 Å². The predicted octanol–water partition coefficient (Wildman–Crippen LogP) is 1.36. The van der Waals surface area contributed by atoms with E-state index in [1.54, 1.807) is 0 Å². The van der Waals surface area contributed by atoms with Crippen molar-refractivity contribution in [1.82, 2.24) is 4.72 Å². The Hall–Kier alpha value is -0.340. The van der Waals surface area contributed by atoms with Gasteiger partial charge >= 0.3 is 5.76 Å². The molecule has 0 heterocycles. The van der Waals surface area contributed by atoms with Gasteiger partial charge < -0.3 is 5.73 Å². The smallest absolute Gasteiger partial charge is 0.350 e. The van der Waals surface area contributed by atoms with Crippen molar-refractivity contribution < 1.29 is 17.2 Å². The van der Waals surface area contributed by atoms with Crippen molar-refractivity contribution in [2.75, 3.05) is 0 Å². The molecule has 0 aliphatic heterocycles.